The van der Waals surface area contributed by atoms with E-state index in [0.717, 1.165) is 13.1 Å². The molecule has 0 fully saturated rings. The van der Waals surface area contributed by atoms with Gasteiger partial charge in [0.2, 0.25) is 0 Å². The second-order valence-electron chi connectivity index (χ2n) is 5.74. The smallest absolute Gasteiger partial charge is 0.0537 e. The number of nitrogens with zero attached hydrogens (tertiary/aromatic N) is 1. The zero-order valence-corrected chi connectivity index (χ0v) is 12.3. The lowest BCUT2D eigenvalue weighted by Crippen LogP contribution is -2.39. The van der Waals surface area contributed by atoms with Gasteiger partial charge < -0.3 is 10.0 Å². The molecular weight excluding hydrogens is 246 g/mol. The van der Waals surface area contributed by atoms with Crippen LogP contribution in [0.25, 0.3) is 0 Å². The fourth-order valence-corrected chi connectivity index (χ4v) is 2.62. The van der Waals surface area contributed by atoms with Crippen LogP contribution in [-0.2, 0) is 12.0 Å². The number of hydrogen-bond acceptors (Lipinski definition) is 2. The number of aliphatic hydroxyl groups excluding tert-OH is 1. The SMILES string of the molecule is CN(Cc1ccccc1)CC(C)(CO)c1ccccc1. The number of likely N-dealkylation sites (N-methyl/N-ethyl adjacent to an activating group) is 1. The lowest BCUT2D eigenvalue weighted by Gasteiger charge is -2.32. The summed E-state index contributed by atoms with van der Waals surface area (Å²) in [6.07, 6.45) is 0. The van der Waals surface area contributed by atoms with Crippen LogP contribution in [-0.4, -0.2) is 30.2 Å². The number of rotatable bonds is 6. The third-order valence-corrected chi connectivity index (χ3v) is 3.73. The summed E-state index contributed by atoms with van der Waals surface area (Å²) in [6.45, 7) is 3.98. The summed E-state index contributed by atoms with van der Waals surface area (Å²) in [5, 5.41) is 9.83. The summed E-state index contributed by atoms with van der Waals surface area (Å²) in [5.74, 6) is 0. The normalized spacial score (nSPS) is 14.2. The molecular formula is C18H23NO. The van der Waals surface area contributed by atoms with E-state index in [1.807, 2.05) is 24.3 Å². The molecule has 0 saturated heterocycles. The van der Waals surface area contributed by atoms with E-state index >= 15 is 0 Å². The van der Waals surface area contributed by atoms with Crippen molar-refractivity contribution in [2.75, 3.05) is 20.2 Å². The second kappa shape index (κ2) is 6.69. The van der Waals surface area contributed by atoms with Crippen LogP contribution in [0.4, 0.5) is 0 Å². The molecule has 2 heteroatoms. The van der Waals surface area contributed by atoms with Crippen molar-refractivity contribution in [3.63, 3.8) is 0 Å². The molecule has 0 aliphatic carbocycles. The molecule has 0 spiro atoms. The summed E-state index contributed by atoms with van der Waals surface area (Å²) >= 11 is 0. The molecule has 0 aliphatic rings. The quantitative estimate of drug-likeness (QED) is 0.871. The first-order valence-electron chi connectivity index (χ1n) is 7.03. The van der Waals surface area contributed by atoms with Crippen molar-refractivity contribution >= 4 is 0 Å². The van der Waals surface area contributed by atoms with Crippen molar-refractivity contribution in [1.29, 1.82) is 0 Å². The Kier molecular flexibility index (Phi) is 4.94. The average molecular weight is 269 g/mol. The minimum atomic E-state index is -0.231. The monoisotopic (exact) mass is 269 g/mol. The van der Waals surface area contributed by atoms with Gasteiger partial charge in [-0.3, -0.25) is 0 Å². The van der Waals surface area contributed by atoms with Gasteiger partial charge in [0, 0.05) is 18.5 Å². The first-order valence-corrected chi connectivity index (χ1v) is 7.03. The molecule has 2 rings (SSSR count). The maximum atomic E-state index is 9.83. The van der Waals surface area contributed by atoms with Gasteiger partial charge in [0.1, 0.15) is 0 Å². The van der Waals surface area contributed by atoms with Crippen molar-refractivity contribution < 1.29 is 5.11 Å². The standard InChI is InChI=1S/C18H23NO/c1-18(15-20,17-11-7-4-8-12-17)14-19(2)13-16-9-5-3-6-10-16/h3-12,20H,13-15H2,1-2H3. The Morgan fingerprint density at radius 2 is 1.50 bits per heavy atom. The Hall–Kier alpha value is -1.64. The highest BCUT2D eigenvalue weighted by Gasteiger charge is 2.27. The Balaban J connectivity index is 2.06. The molecule has 0 aromatic heterocycles. The van der Waals surface area contributed by atoms with E-state index in [9.17, 15) is 5.11 Å². The zero-order chi connectivity index (χ0) is 14.4. The summed E-state index contributed by atoms with van der Waals surface area (Å²) in [6, 6.07) is 20.7. The molecule has 2 aromatic carbocycles. The summed E-state index contributed by atoms with van der Waals surface area (Å²) in [4.78, 5) is 2.26. The lowest BCUT2D eigenvalue weighted by atomic mass is 9.83. The van der Waals surface area contributed by atoms with Crippen molar-refractivity contribution in [3.05, 3.63) is 71.8 Å². The maximum absolute atomic E-state index is 9.83. The van der Waals surface area contributed by atoms with Crippen molar-refractivity contribution in [2.24, 2.45) is 0 Å². The minimum absolute atomic E-state index is 0.149. The molecule has 0 amide bonds. The van der Waals surface area contributed by atoms with E-state index in [1.54, 1.807) is 0 Å². The molecule has 106 valence electrons. The number of aliphatic hydroxyl groups is 1. The molecule has 0 radical (unpaired) electrons. The third-order valence-electron chi connectivity index (χ3n) is 3.73. The first-order chi connectivity index (χ1) is 9.64. The molecule has 0 saturated carbocycles. The van der Waals surface area contributed by atoms with Gasteiger partial charge in [-0.25, -0.2) is 0 Å². The van der Waals surface area contributed by atoms with E-state index in [-0.39, 0.29) is 12.0 Å². The van der Waals surface area contributed by atoms with Crippen molar-refractivity contribution in [3.8, 4) is 0 Å². The van der Waals surface area contributed by atoms with E-state index in [2.05, 4.69) is 55.3 Å². The van der Waals surface area contributed by atoms with Crippen LogP contribution in [0.1, 0.15) is 18.1 Å². The van der Waals surface area contributed by atoms with Gasteiger partial charge in [0.05, 0.1) is 6.61 Å². The highest BCUT2D eigenvalue weighted by atomic mass is 16.3. The summed E-state index contributed by atoms with van der Waals surface area (Å²) < 4.78 is 0. The average Bonchev–Trinajstić information content (AvgIpc) is 2.49. The molecule has 2 aromatic rings. The van der Waals surface area contributed by atoms with Gasteiger partial charge in [-0.05, 0) is 18.2 Å². The number of benzene rings is 2. The van der Waals surface area contributed by atoms with Gasteiger partial charge >= 0.3 is 0 Å². The largest absolute Gasteiger partial charge is 0.395 e. The fraction of sp³-hybridized carbons (Fsp3) is 0.333. The Morgan fingerprint density at radius 1 is 0.950 bits per heavy atom. The van der Waals surface area contributed by atoms with E-state index in [1.165, 1.54) is 11.1 Å². The molecule has 1 N–H and O–H groups in total. The molecule has 0 aliphatic heterocycles. The summed E-state index contributed by atoms with van der Waals surface area (Å²) in [5.41, 5.74) is 2.25. The highest BCUT2D eigenvalue weighted by molar-refractivity contribution is 5.25. The molecule has 1 unspecified atom stereocenters. The predicted molar refractivity (Wildman–Crippen MR) is 83.7 cm³/mol. The second-order valence-corrected chi connectivity index (χ2v) is 5.74. The first kappa shape index (κ1) is 14.8. The minimum Gasteiger partial charge on any atom is -0.395 e. The zero-order valence-electron chi connectivity index (χ0n) is 12.3. The van der Waals surface area contributed by atoms with Crippen LogP contribution in [0.15, 0.2) is 60.7 Å². The van der Waals surface area contributed by atoms with Crippen molar-refractivity contribution in [2.45, 2.75) is 18.9 Å². The third kappa shape index (κ3) is 3.69. The number of hydrogen-bond donors (Lipinski definition) is 1. The lowest BCUT2D eigenvalue weighted by molar-refractivity contribution is 0.156. The summed E-state index contributed by atoms with van der Waals surface area (Å²) in [7, 11) is 2.10. The van der Waals surface area contributed by atoms with Gasteiger partial charge in [-0.15, -0.1) is 0 Å². The molecule has 20 heavy (non-hydrogen) atoms. The molecule has 2 nitrogen and oxygen atoms in total. The van der Waals surface area contributed by atoms with Gasteiger partial charge in [0.15, 0.2) is 0 Å². The topological polar surface area (TPSA) is 23.5 Å². The fourth-order valence-electron chi connectivity index (χ4n) is 2.62. The van der Waals surface area contributed by atoms with E-state index in [0.29, 0.717) is 0 Å². The van der Waals surface area contributed by atoms with Crippen LogP contribution in [0.3, 0.4) is 0 Å². The van der Waals surface area contributed by atoms with Crippen LogP contribution in [0, 0.1) is 0 Å². The van der Waals surface area contributed by atoms with Gasteiger partial charge in [0.25, 0.3) is 0 Å². The van der Waals surface area contributed by atoms with Crippen LogP contribution >= 0.6 is 0 Å². The maximum Gasteiger partial charge on any atom is 0.0537 e. The Labute approximate surface area is 121 Å². The highest BCUT2D eigenvalue weighted by Crippen LogP contribution is 2.24. The molecule has 1 atom stereocenters. The predicted octanol–water partition coefficient (Wildman–Crippen LogP) is 3.07. The molecule has 0 bridgehead atoms. The van der Waals surface area contributed by atoms with Crippen molar-refractivity contribution in [1.82, 2.24) is 4.90 Å². The van der Waals surface area contributed by atoms with Crippen LogP contribution in [0.5, 0.6) is 0 Å². The molecule has 0 heterocycles. The van der Waals surface area contributed by atoms with Gasteiger partial charge in [-0.2, -0.15) is 0 Å². The van der Waals surface area contributed by atoms with Gasteiger partial charge in [-0.1, -0.05) is 67.6 Å². The van der Waals surface area contributed by atoms with E-state index in [4.69, 9.17) is 0 Å². The van der Waals surface area contributed by atoms with Crippen LogP contribution in [0.2, 0.25) is 0 Å². The Morgan fingerprint density at radius 3 is 2.05 bits per heavy atom. The van der Waals surface area contributed by atoms with E-state index < -0.39 is 0 Å². The Bertz CT molecular complexity index is 511. The van der Waals surface area contributed by atoms with Crippen LogP contribution < -0.4 is 0 Å².